The van der Waals surface area contributed by atoms with Gasteiger partial charge in [0.2, 0.25) is 0 Å². The molecule has 0 saturated heterocycles. The first-order valence-corrected chi connectivity index (χ1v) is 6.50. The highest BCUT2D eigenvalue weighted by Gasteiger charge is 2.05. The van der Waals surface area contributed by atoms with Gasteiger partial charge in [-0.15, -0.1) is 0 Å². The number of nitrogens with two attached hydrogens (primary N) is 1. The molecule has 100 valence electrons. The van der Waals surface area contributed by atoms with Crippen molar-refractivity contribution in [2.24, 2.45) is 0 Å². The van der Waals surface area contributed by atoms with Gasteiger partial charge in [-0.1, -0.05) is 35.9 Å². The molecule has 0 aromatic heterocycles. The van der Waals surface area contributed by atoms with Crippen molar-refractivity contribution in [2.45, 2.75) is 6.42 Å². The van der Waals surface area contributed by atoms with E-state index in [0.717, 1.165) is 30.0 Å². The van der Waals surface area contributed by atoms with Gasteiger partial charge in [0.25, 0.3) is 0 Å². The van der Waals surface area contributed by atoms with E-state index in [4.69, 9.17) is 22.1 Å². The second-order valence-electron chi connectivity index (χ2n) is 4.19. The molecule has 0 fully saturated rings. The summed E-state index contributed by atoms with van der Waals surface area (Å²) in [4.78, 5) is 0. The molecule has 0 spiro atoms. The zero-order valence-electron chi connectivity index (χ0n) is 10.8. The molecule has 2 aromatic rings. The van der Waals surface area contributed by atoms with Gasteiger partial charge in [0.15, 0.2) is 0 Å². The standard InChI is InChI=1S/C15H17ClN2O/c1-19-14-8-3-2-5-11(14)9-10-18-15-12(16)6-4-7-13(15)17/h2-8,18H,9-10,17H2,1H3. The SMILES string of the molecule is COc1ccccc1CCNc1c(N)cccc1Cl. The summed E-state index contributed by atoms with van der Waals surface area (Å²) in [6, 6.07) is 13.5. The fourth-order valence-corrected chi connectivity index (χ4v) is 2.21. The predicted octanol–water partition coefficient (Wildman–Crippen LogP) is 3.59. The molecule has 0 atom stereocenters. The van der Waals surface area contributed by atoms with Crippen molar-refractivity contribution in [3.63, 3.8) is 0 Å². The number of methoxy groups -OCH3 is 1. The van der Waals surface area contributed by atoms with Crippen LogP contribution in [0.4, 0.5) is 11.4 Å². The number of hydrogen-bond acceptors (Lipinski definition) is 3. The number of halogens is 1. The molecule has 2 aromatic carbocycles. The largest absolute Gasteiger partial charge is 0.496 e. The lowest BCUT2D eigenvalue weighted by Gasteiger charge is -2.12. The Hall–Kier alpha value is -1.87. The Morgan fingerprint density at radius 3 is 2.68 bits per heavy atom. The molecule has 0 radical (unpaired) electrons. The van der Waals surface area contributed by atoms with Gasteiger partial charge in [-0.05, 0) is 30.2 Å². The van der Waals surface area contributed by atoms with Crippen LogP contribution in [0.1, 0.15) is 5.56 Å². The van der Waals surface area contributed by atoms with E-state index < -0.39 is 0 Å². The quantitative estimate of drug-likeness (QED) is 0.821. The molecule has 0 bridgehead atoms. The highest BCUT2D eigenvalue weighted by molar-refractivity contribution is 6.33. The van der Waals surface area contributed by atoms with E-state index in [0.29, 0.717) is 10.7 Å². The van der Waals surface area contributed by atoms with E-state index in [-0.39, 0.29) is 0 Å². The summed E-state index contributed by atoms with van der Waals surface area (Å²) in [6.45, 7) is 0.744. The van der Waals surface area contributed by atoms with E-state index in [9.17, 15) is 0 Å². The smallest absolute Gasteiger partial charge is 0.122 e. The summed E-state index contributed by atoms with van der Waals surface area (Å²) in [7, 11) is 1.68. The third-order valence-electron chi connectivity index (χ3n) is 2.93. The average Bonchev–Trinajstić information content (AvgIpc) is 2.42. The Bertz CT molecular complexity index is 537. The van der Waals surface area contributed by atoms with Gasteiger partial charge in [-0.2, -0.15) is 0 Å². The summed E-state index contributed by atoms with van der Waals surface area (Å²) in [5.74, 6) is 0.899. The van der Waals surface area contributed by atoms with Crippen LogP contribution in [0.25, 0.3) is 0 Å². The number of nitrogen functional groups attached to an aromatic ring is 1. The van der Waals surface area contributed by atoms with Crippen molar-refractivity contribution in [3.05, 3.63) is 53.1 Å². The number of nitrogens with one attached hydrogen (secondary N) is 1. The van der Waals surface area contributed by atoms with Crippen LogP contribution in [0, 0.1) is 0 Å². The number of benzene rings is 2. The number of para-hydroxylation sites is 2. The van der Waals surface area contributed by atoms with Crippen LogP contribution in [0.15, 0.2) is 42.5 Å². The van der Waals surface area contributed by atoms with Gasteiger partial charge in [-0.3, -0.25) is 0 Å². The minimum Gasteiger partial charge on any atom is -0.496 e. The van der Waals surface area contributed by atoms with Gasteiger partial charge >= 0.3 is 0 Å². The second-order valence-corrected chi connectivity index (χ2v) is 4.60. The number of anilines is 2. The first-order valence-electron chi connectivity index (χ1n) is 6.12. The lowest BCUT2D eigenvalue weighted by atomic mass is 10.1. The van der Waals surface area contributed by atoms with Crippen molar-refractivity contribution >= 4 is 23.0 Å². The number of rotatable bonds is 5. The maximum atomic E-state index is 6.10. The second kappa shape index (κ2) is 6.34. The van der Waals surface area contributed by atoms with Crippen molar-refractivity contribution in [1.82, 2.24) is 0 Å². The highest BCUT2D eigenvalue weighted by Crippen LogP contribution is 2.28. The van der Waals surface area contributed by atoms with Crippen molar-refractivity contribution in [2.75, 3.05) is 24.7 Å². The monoisotopic (exact) mass is 276 g/mol. The molecule has 0 aliphatic rings. The van der Waals surface area contributed by atoms with Crippen LogP contribution in [-0.4, -0.2) is 13.7 Å². The fourth-order valence-electron chi connectivity index (χ4n) is 1.96. The van der Waals surface area contributed by atoms with Gasteiger partial charge in [0, 0.05) is 6.54 Å². The number of ether oxygens (including phenoxy) is 1. The maximum Gasteiger partial charge on any atom is 0.122 e. The maximum absolute atomic E-state index is 6.10. The molecule has 19 heavy (non-hydrogen) atoms. The van der Waals surface area contributed by atoms with E-state index in [1.165, 1.54) is 0 Å². The summed E-state index contributed by atoms with van der Waals surface area (Å²) in [5, 5.41) is 3.91. The molecule has 3 nitrogen and oxygen atoms in total. The van der Waals surface area contributed by atoms with Crippen molar-refractivity contribution in [3.8, 4) is 5.75 Å². The summed E-state index contributed by atoms with van der Waals surface area (Å²) in [6.07, 6.45) is 0.842. The van der Waals surface area contributed by atoms with Crippen LogP contribution < -0.4 is 15.8 Å². The molecule has 2 rings (SSSR count). The number of hydrogen-bond donors (Lipinski definition) is 2. The summed E-state index contributed by atoms with van der Waals surface area (Å²) < 4.78 is 5.32. The first kappa shape index (κ1) is 13.6. The van der Waals surface area contributed by atoms with Gasteiger partial charge < -0.3 is 15.8 Å². The lowest BCUT2D eigenvalue weighted by molar-refractivity contribution is 0.410. The minimum atomic E-state index is 0.639. The Labute approximate surface area is 118 Å². The molecule has 0 aliphatic carbocycles. The molecule has 3 N–H and O–H groups in total. The van der Waals surface area contributed by atoms with E-state index in [2.05, 4.69) is 11.4 Å². The molecule has 0 saturated carbocycles. The Balaban J connectivity index is 2.00. The molecule has 0 aliphatic heterocycles. The Kier molecular flexibility index (Phi) is 4.53. The molecular weight excluding hydrogens is 260 g/mol. The van der Waals surface area contributed by atoms with E-state index >= 15 is 0 Å². The molecule has 0 unspecified atom stereocenters. The molecular formula is C15H17ClN2O. The fraction of sp³-hybridized carbons (Fsp3) is 0.200. The van der Waals surface area contributed by atoms with Crippen molar-refractivity contribution in [1.29, 1.82) is 0 Å². The van der Waals surface area contributed by atoms with E-state index in [1.807, 2.05) is 36.4 Å². The minimum absolute atomic E-state index is 0.639. The predicted molar refractivity (Wildman–Crippen MR) is 81.1 cm³/mol. The Morgan fingerprint density at radius 1 is 1.16 bits per heavy atom. The van der Waals surface area contributed by atoms with Crippen LogP contribution in [0.3, 0.4) is 0 Å². The van der Waals surface area contributed by atoms with Crippen LogP contribution in [0.2, 0.25) is 5.02 Å². The summed E-state index contributed by atoms with van der Waals surface area (Å²) >= 11 is 6.10. The molecule has 0 amide bonds. The molecule has 0 heterocycles. The normalized spacial score (nSPS) is 10.2. The first-order chi connectivity index (χ1) is 9.22. The van der Waals surface area contributed by atoms with Crippen LogP contribution >= 0.6 is 11.6 Å². The molecule has 4 heteroatoms. The zero-order chi connectivity index (χ0) is 13.7. The van der Waals surface area contributed by atoms with Gasteiger partial charge in [0.1, 0.15) is 5.75 Å². The highest BCUT2D eigenvalue weighted by atomic mass is 35.5. The summed E-state index contributed by atoms with van der Waals surface area (Å²) in [5.41, 5.74) is 8.49. The third-order valence-corrected chi connectivity index (χ3v) is 3.25. The average molecular weight is 277 g/mol. The zero-order valence-corrected chi connectivity index (χ0v) is 11.6. The third kappa shape index (κ3) is 3.32. The topological polar surface area (TPSA) is 47.3 Å². The van der Waals surface area contributed by atoms with Crippen LogP contribution in [0.5, 0.6) is 5.75 Å². The van der Waals surface area contributed by atoms with Gasteiger partial charge in [-0.25, -0.2) is 0 Å². The van der Waals surface area contributed by atoms with E-state index in [1.54, 1.807) is 7.11 Å². The Morgan fingerprint density at radius 2 is 1.95 bits per heavy atom. The lowest BCUT2D eigenvalue weighted by Crippen LogP contribution is -2.08. The van der Waals surface area contributed by atoms with Crippen LogP contribution in [-0.2, 0) is 6.42 Å². The van der Waals surface area contributed by atoms with Crippen molar-refractivity contribution < 1.29 is 4.74 Å². The van der Waals surface area contributed by atoms with Gasteiger partial charge in [0.05, 0.1) is 23.5 Å².